The monoisotopic (exact) mass is 198 g/mol. The largest absolute Gasteiger partial charge is 1.00 e. The molecule has 3 N–H and O–H groups in total. The molecule has 0 saturated carbocycles. The molecule has 6 heteroatoms. The molecular formula is C6H9NNaO3S-. The molecule has 0 heterocycles. The smallest absolute Gasteiger partial charge is 1.00 e. The Labute approximate surface area is 97.2 Å². The molecule has 1 aromatic carbocycles. The summed E-state index contributed by atoms with van der Waals surface area (Å²) in [5.74, 6) is 0.329. The summed E-state index contributed by atoms with van der Waals surface area (Å²) in [5.41, 5.74) is 0. The van der Waals surface area contributed by atoms with E-state index in [9.17, 15) is 8.76 Å². The Morgan fingerprint density at radius 3 is 2.25 bits per heavy atom. The van der Waals surface area contributed by atoms with Crippen LogP contribution in [0.4, 0.5) is 0 Å². The third-order valence-corrected chi connectivity index (χ3v) is 1.24. The maximum atomic E-state index is 9.95. The summed E-state index contributed by atoms with van der Waals surface area (Å²) in [4.78, 5) is 0. The molecule has 1 rings (SSSR count). The minimum atomic E-state index is -2.47. The van der Waals surface area contributed by atoms with E-state index >= 15 is 0 Å². The minimum Gasteiger partial charge on any atom is -1.00 e. The summed E-state index contributed by atoms with van der Waals surface area (Å²) in [6, 6.07) is 8.30. The Morgan fingerprint density at radius 2 is 1.83 bits per heavy atom. The number of hydrogen-bond donors (Lipinski definition) is 1. The molecule has 64 valence electrons. The molecule has 12 heavy (non-hydrogen) atoms. The molecule has 0 aromatic heterocycles. The Kier molecular flexibility index (Phi) is 9.40. The van der Waals surface area contributed by atoms with Crippen LogP contribution in [-0.2, 0) is 11.4 Å². The van der Waals surface area contributed by atoms with Gasteiger partial charge in [0.25, 0.3) is 0 Å². The maximum absolute atomic E-state index is 9.95. The van der Waals surface area contributed by atoms with E-state index in [1.165, 1.54) is 0 Å². The van der Waals surface area contributed by atoms with E-state index in [2.05, 4.69) is 4.18 Å². The SMILES string of the molecule is N.O=S([O-])Oc1ccccc1.[H-].[Na+]. The van der Waals surface area contributed by atoms with E-state index in [0.29, 0.717) is 5.75 Å². The van der Waals surface area contributed by atoms with Gasteiger partial charge in [-0.25, -0.2) is 4.21 Å². The summed E-state index contributed by atoms with van der Waals surface area (Å²) < 4.78 is 24.2. The first kappa shape index (κ1) is 14.6. The van der Waals surface area contributed by atoms with Crippen molar-refractivity contribution in [3.05, 3.63) is 30.3 Å². The van der Waals surface area contributed by atoms with Gasteiger partial charge in [-0.15, -0.1) is 0 Å². The molecule has 0 amide bonds. The molecule has 0 fully saturated rings. The van der Waals surface area contributed by atoms with Crippen molar-refractivity contribution in [1.82, 2.24) is 6.15 Å². The molecule has 0 radical (unpaired) electrons. The molecule has 0 aliphatic rings. The fourth-order valence-electron chi connectivity index (χ4n) is 0.555. The molecule has 1 aromatic rings. The van der Waals surface area contributed by atoms with Crippen LogP contribution in [0.25, 0.3) is 0 Å². The molecule has 1 atom stereocenters. The Morgan fingerprint density at radius 1 is 1.33 bits per heavy atom. The van der Waals surface area contributed by atoms with Crippen LogP contribution < -0.4 is 39.9 Å². The predicted octanol–water partition coefficient (Wildman–Crippen LogP) is -1.86. The molecule has 4 nitrogen and oxygen atoms in total. The Bertz CT molecular complexity index is 237. The molecule has 0 spiro atoms. The summed E-state index contributed by atoms with van der Waals surface area (Å²) in [5, 5.41) is 0. The van der Waals surface area contributed by atoms with Crippen molar-refractivity contribution in [1.29, 1.82) is 0 Å². The van der Waals surface area contributed by atoms with Gasteiger partial charge in [0.05, 0.1) is 0 Å². The quantitative estimate of drug-likeness (QED) is 0.446. The van der Waals surface area contributed by atoms with Crippen LogP contribution in [0.15, 0.2) is 30.3 Å². The maximum Gasteiger partial charge on any atom is 1.00 e. The molecule has 0 aliphatic carbocycles. The Hall–Kier alpha value is 0.0900. The number of rotatable bonds is 2. The van der Waals surface area contributed by atoms with E-state index < -0.39 is 11.4 Å². The topological polar surface area (TPSA) is 84.4 Å². The Balaban J connectivity index is -0.000000333. The van der Waals surface area contributed by atoms with Crippen LogP contribution in [-0.4, -0.2) is 8.76 Å². The van der Waals surface area contributed by atoms with Gasteiger partial charge in [0.15, 0.2) is 0 Å². The molecular weight excluding hydrogens is 189 g/mol. The predicted molar refractivity (Wildman–Crippen MR) is 42.1 cm³/mol. The van der Waals surface area contributed by atoms with Crippen molar-refractivity contribution in [3.63, 3.8) is 0 Å². The van der Waals surface area contributed by atoms with E-state index in [0.717, 1.165) is 0 Å². The van der Waals surface area contributed by atoms with Gasteiger partial charge < -0.3 is 16.3 Å². The van der Waals surface area contributed by atoms with Crippen molar-refractivity contribution < 1.29 is 43.9 Å². The summed E-state index contributed by atoms with van der Waals surface area (Å²) in [6.45, 7) is 0. The van der Waals surface area contributed by atoms with Gasteiger partial charge in [-0.2, -0.15) is 0 Å². The van der Waals surface area contributed by atoms with Crippen molar-refractivity contribution >= 4 is 11.4 Å². The third-order valence-electron chi connectivity index (χ3n) is 0.907. The zero-order valence-corrected chi connectivity index (χ0v) is 9.54. The van der Waals surface area contributed by atoms with E-state index in [1.54, 1.807) is 30.3 Å². The summed E-state index contributed by atoms with van der Waals surface area (Å²) >= 11 is -2.47. The van der Waals surface area contributed by atoms with Crippen LogP contribution in [0, 0.1) is 0 Å². The van der Waals surface area contributed by atoms with Gasteiger partial charge in [0, 0.05) is 0 Å². The zero-order chi connectivity index (χ0) is 7.40. The van der Waals surface area contributed by atoms with Gasteiger partial charge in [-0.3, -0.25) is 0 Å². The standard InChI is InChI=1S/C6H6O3S.H3N.Na.H/c7-10(8)9-6-4-2-1-3-5-6;;;/h1-5H,(H,7,8);1H3;;/q;;+1;-1/p-1. The number of para-hydroxylation sites is 1. The number of hydrogen-bond acceptors (Lipinski definition) is 4. The fraction of sp³-hybridized carbons (Fsp3) is 0. The van der Waals surface area contributed by atoms with E-state index in [1.807, 2.05) is 0 Å². The fourth-order valence-corrected chi connectivity index (χ4v) is 0.823. The van der Waals surface area contributed by atoms with Gasteiger partial charge in [0.1, 0.15) is 17.1 Å². The van der Waals surface area contributed by atoms with Crippen LogP contribution in [0.5, 0.6) is 5.75 Å². The molecule has 0 aliphatic heterocycles. The second kappa shape index (κ2) is 7.72. The van der Waals surface area contributed by atoms with Crippen molar-refractivity contribution in [2.24, 2.45) is 0 Å². The number of benzene rings is 1. The summed E-state index contributed by atoms with van der Waals surface area (Å²) in [7, 11) is 0. The van der Waals surface area contributed by atoms with Crippen LogP contribution in [0.1, 0.15) is 1.43 Å². The molecule has 0 bridgehead atoms. The normalized spacial score (nSPS) is 10.4. The summed E-state index contributed by atoms with van der Waals surface area (Å²) in [6.07, 6.45) is 0. The van der Waals surface area contributed by atoms with Gasteiger partial charge in [-0.05, 0) is 12.1 Å². The first-order valence-electron chi connectivity index (χ1n) is 2.61. The second-order valence-electron chi connectivity index (χ2n) is 1.60. The molecule has 1 unspecified atom stereocenters. The van der Waals surface area contributed by atoms with E-state index in [4.69, 9.17) is 0 Å². The van der Waals surface area contributed by atoms with Crippen molar-refractivity contribution in [2.75, 3.05) is 0 Å². The van der Waals surface area contributed by atoms with Gasteiger partial charge >= 0.3 is 29.6 Å². The second-order valence-corrected chi connectivity index (χ2v) is 2.18. The third kappa shape index (κ3) is 5.70. The van der Waals surface area contributed by atoms with Crippen LogP contribution >= 0.6 is 0 Å². The van der Waals surface area contributed by atoms with Gasteiger partial charge in [0.2, 0.25) is 0 Å². The van der Waals surface area contributed by atoms with Crippen molar-refractivity contribution in [3.8, 4) is 5.75 Å². The first-order chi connectivity index (χ1) is 4.79. The molecule has 0 saturated heterocycles. The van der Waals surface area contributed by atoms with Crippen LogP contribution in [0.3, 0.4) is 0 Å². The average molecular weight is 198 g/mol. The minimum absolute atomic E-state index is 0. The van der Waals surface area contributed by atoms with Crippen LogP contribution in [0.2, 0.25) is 0 Å². The average Bonchev–Trinajstić information content (AvgIpc) is 1.88. The van der Waals surface area contributed by atoms with Gasteiger partial charge in [-0.1, -0.05) is 18.2 Å². The van der Waals surface area contributed by atoms with Crippen molar-refractivity contribution in [2.45, 2.75) is 0 Å². The van der Waals surface area contributed by atoms with E-state index in [-0.39, 0.29) is 37.1 Å². The zero-order valence-electron chi connectivity index (χ0n) is 7.73. The first-order valence-corrected chi connectivity index (χ1v) is 3.61.